The predicted molar refractivity (Wildman–Crippen MR) is 103 cm³/mol. The van der Waals surface area contributed by atoms with Gasteiger partial charge in [0.2, 0.25) is 5.91 Å². The first-order valence-corrected chi connectivity index (χ1v) is 9.03. The van der Waals surface area contributed by atoms with Crippen LogP contribution in [-0.4, -0.2) is 37.2 Å². The van der Waals surface area contributed by atoms with Crippen LogP contribution in [0.15, 0.2) is 48.5 Å². The quantitative estimate of drug-likeness (QED) is 0.604. The number of carboxylic acids is 1. The molecule has 3 aromatic rings. The summed E-state index contributed by atoms with van der Waals surface area (Å²) in [6.07, 6.45) is 0.749. The maximum absolute atomic E-state index is 13.2. The fraction of sp³-hybridized carbons (Fsp3) is 0.250. The number of hydrogen-bond donors (Lipinski definition) is 2. The van der Waals surface area contributed by atoms with Gasteiger partial charge in [0.05, 0.1) is 0 Å². The van der Waals surface area contributed by atoms with Crippen molar-refractivity contribution in [2.75, 3.05) is 5.32 Å². The number of hydrogen-bond acceptors (Lipinski definition) is 5. The summed E-state index contributed by atoms with van der Waals surface area (Å²) in [5.74, 6) is -1.04. The van der Waals surface area contributed by atoms with Crippen molar-refractivity contribution in [2.45, 2.75) is 32.2 Å². The number of carbonyl (C=O) groups excluding carboxylic acids is 1. The number of amides is 1. The smallest absolute Gasteiger partial charge is 0.303 e. The second-order valence-corrected chi connectivity index (χ2v) is 6.60. The van der Waals surface area contributed by atoms with Gasteiger partial charge in [-0.1, -0.05) is 24.3 Å². The van der Waals surface area contributed by atoms with E-state index in [9.17, 15) is 14.0 Å². The molecule has 0 aliphatic rings. The van der Waals surface area contributed by atoms with Gasteiger partial charge >= 0.3 is 5.97 Å². The minimum Gasteiger partial charge on any atom is -0.481 e. The Hall–Kier alpha value is -3.62. The van der Waals surface area contributed by atoms with Gasteiger partial charge in [-0.2, -0.15) is 0 Å². The maximum Gasteiger partial charge on any atom is 0.303 e. The summed E-state index contributed by atoms with van der Waals surface area (Å²) >= 11 is 0. The molecule has 29 heavy (non-hydrogen) atoms. The van der Waals surface area contributed by atoms with Crippen LogP contribution in [0.2, 0.25) is 0 Å². The van der Waals surface area contributed by atoms with Crippen LogP contribution in [0.4, 0.5) is 10.1 Å². The molecule has 2 N–H and O–H groups in total. The van der Waals surface area contributed by atoms with Crippen LogP contribution < -0.4 is 5.32 Å². The topological polar surface area (TPSA) is 110 Å². The molecule has 0 spiro atoms. The summed E-state index contributed by atoms with van der Waals surface area (Å²) in [7, 11) is 0. The first kappa shape index (κ1) is 20.1. The lowest BCUT2D eigenvalue weighted by atomic mass is 10.0. The van der Waals surface area contributed by atoms with E-state index in [1.807, 2.05) is 0 Å². The zero-order chi connectivity index (χ0) is 20.8. The number of carbonyl (C=O) groups is 2. The van der Waals surface area contributed by atoms with Gasteiger partial charge in [0.25, 0.3) is 0 Å². The van der Waals surface area contributed by atoms with Gasteiger partial charge in [-0.3, -0.25) is 9.59 Å². The van der Waals surface area contributed by atoms with Crippen molar-refractivity contribution in [1.82, 2.24) is 20.2 Å². The number of aliphatic carboxylic acids is 1. The Labute approximate surface area is 166 Å². The molecule has 1 aromatic heterocycles. The first-order chi connectivity index (χ1) is 13.9. The van der Waals surface area contributed by atoms with Crippen molar-refractivity contribution in [1.29, 1.82) is 0 Å². The van der Waals surface area contributed by atoms with E-state index < -0.39 is 12.0 Å². The van der Waals surface area contributed by atoms with E-state index in [0.717, 1.165) is 11.1 Å². The summed E-state index contributed by atoms with van der Waals surface area (Å²) in [5.41, 5.74) is 2.21. The van der Waals surface area contributed by atoms with E-state index in [1.54, 1.807) is 43.3 Å². The summed E-state index contributed by atoms with van der Waals surface area (Å²) in [4.78, 5) is 23.6. The molecule has 9 heteroatoms. The van der Waals surface area contributed by atoms with Gasteiger partial charge in [-0.05, 0) is 59.2 Å². The third-order valence-electron chi connectivity index (χ3n) is 4.45. The third kappa shape index (κ3) is 5.44. The van der Waals surface area contributed by atoms with Crippen LogP contribution >= 0.6 is 0 Å². The third-order valence-corrected chi connectivity index (χ3v) is 4.45. The van der Waals surface area contributed by atoms with Crippen LogP contribution in [-0.2, 0) is 22.4 Å². The van der Waals surface area contributed by atoms with Crippen LogP contribution in [0.3, 0.4) is 0 Å². The van der Waals surface area contributed by atoms with Crippen LogP contribution in [0, 0.1) is 12.7 Å². The van der Waals surface area contributed by atoms with E-state index >= 15 is 0 Å². The molecule has 0 fully saturated rings. The first-order valence-electron chi connectivity index (χ1n) is 9.03. The fourth-order valence-corrected chi connectivity index (χ4v) is 2.89. The molecule has 0 aliphatic heterocycles. The van der Waals surface area contributed by atoms with Gasteiger partial charge in [-0.25, -0.2) is 9.07 Å². The molecule has 0 radical (unpaired) electrons. The normalized spacial score (nSPS) is 11.8. The molecule has 3 rings (SSSR count). The average molecular weight is 397 g/mol. The molecule has 0 aliphatic carbocycles. The monoisotopic (exact) mass is 397 g/mol. The van der Waals surface area contributed by atoms with E-state index in [0.29, 0.717) is 17.9 Å². The lowest BCUT2D eigenvalue weighted by Crippen LogP contribution is -2.29. The van der Waals surface area contributed by atoms with Gasteiger partial charge in [0, 0.05) is 18.5 Å². The number of rotatable bonds is 8. The summed E-state index contributed by atoms with van der Waals surface area (Å²) < 4.78 is 14.6. The summed E-state index contributed by atoms with van der Waals surface area (Å²) in [6, 6.07) is 12.2. The molecule has 150 valence electrons. The van der Waals surface area contributed by atoms with Crippen LogP contribution in [0.5, 0.6) is 0 Å². The van der Waals surface area contributed by atoms with Crippen LogP contribution in [0.1, 0.15) is 29.4 Å². The number of nitrogens with zero attached hydrogens (tertiary/aromatic N) is 4. The predicted octanol–water partition coefficient (Wildman–Crippen LogP) is 2.56. The Morgan fingerprint density at radius 1 is 1.10 bits per heavy atom. The second-order valence-electron chi connectivity index (χ2n) is 6.60. The molecular formula is C20H20FN5O3. The van der Waals surface area contributed by atoms with Crippen molar-refractivity contribution in [3.8, 4) is 0 Å². The molecule has 0 bridgehead atoms. The lowest BCUT2D eigenvalue weighted by molar-refractivity contribution is -0.137. The van der Waals surface area contributed by atoms with E-state index in [2.05, 4.69) is 20.8 Å². The summed E-state index contributed by atoms with van der Waals surface area (Å²) in [6.45, 7) is 1.70. The molecular weight excluding hydrogens is 377 g/mol. The lowest BCUT2D eigenvalue weighted by Gasteiger charge is -2.18. The van der Waals surface area contributed by atoms with Crippen molar-refractivity contribution >= 4 is 17.6 Å². The Morgan fingerprint density at radius 3 is 2.34 bits per heavy atom. The number of anilines is 1. The highest BCUT2D eigenvalue weighted by molar-refractivity contribution is 5.93. The van der Waals surface area contributed by atoms with Crippen LogP contribution in [0.25, 0.3) is 0 Å². The van der Waals surface area contributed by atoms with Gasteiger partial charge in [0.15, 0.2) is 0 Å². The Morgan fingerprint density at radius 2 is 1.76 bits per heavy atom. The number of tetrazole rings is 1. The van der Waals surface area contributed by atoms with Gasteiger partial charge in [0.1, 0.15) is 17.7 Å². The minimum atomic E-state index is -0.858. The zero-order valence-electron chi connectivity index (χ0n) is 15.7. The molecule has 8 nitrogen and oxygen atoms in total. The highest BCUT2D eigenvalue weighted by Crippen LogP contribution is 2.19. The van der Waals surface area contributed by atoms with E-state index in [4.69, 9.17) is 5.11 Å². The number of carboxylic acid groups (broad SMARTS) is 1. The molecule has 0 saturated carbocycles. The fourth-order valence-electron chi connectivity index (χ4n) is 2.89. The standard InChI is InChI=1S/C20H20FN5O3/c1-13-23-24-25-26(13)18(12-15-2-7-16(21)8-3-15)20(29)22-17-9-4-14(5-10-17)6-11-19(27)28/h2-5,7-10,18H,6,11-12H2,1H3,(H,22,29)(H,27,28). The number of aromatic nitrogens is 4. The van der Waals surface area contributed by atoms with E-state index in [1.165, 1.54) is 16.8 Å². The van der Waals surface area contributed by atoms with Crippen molar-refractivity contribution < 1.29 is 19.1 Å². The molecule has 1 amide bonds. The second kappa shape index (κ2) is 9.05. The number of benzene rings is 2. The number of aryl methyl sites for hydroxylation is 2. The minimum absolute atomic E-state index is 0.0457. The SMILES string of the molecule is Cc1nnnn1C(Cc1ccc(F)cc1)C(=O)Nc1ccc(CCC(=O)O)cc1. The maximum atomic E-state index is 13.2. The molecule has 0 saturated heterocycles. The van der Waals surface area contributed by atoms with Gasteiger partial charge in [-0.15, -0.1) is 5.10 Å². The highest BCUT2D eigenvalue weighted by Gasteiger charge is 2.24. The average Bonchev–Trinajstić information content (AvgIpc) is 3.12. The largest absolute Gasteiger partial charge is 0.481 e. The number of nitrogens with one attached hydrogen (secondary N) is 1. The Bertz CT molecular complexity index is 986. The van der Waals surface area contributed by atoms with Crippen molar-refractivity contribution in [3.05, 3.63) is 71.3 Å². The molecule has 1 unspecified atom stereocenters. The summed E-state index contributed by atoms with van der Waals surface area (Å²) in [5, 5.41) is 23.0. The van der Waals surface area contributed by atoms with E-state index in [-0.39, 0.29) is 24.6 Å². The van der Waals surface area contributed by atoms with Gasteiger partial charge < -0.3 is 10.4 Å². The Balaban J connectivity index is 1.75. The molecule has 1 atom stereocenters. The highest BCUT2D eigenvalue weighted by atomic mass is 19.1. The van der Waals surface area contributed by atoms with Crippen molar-refractivity contribution in [2.24, 2.45) is 0 Å². The molecule has 1 heterocycles. The Kier molecular flexibility index (Phi) is 6.28. The number of halogens is 1. The van der Waals surface area contributed by atoms with Crippen molar-refractivity contribution in [3.63, 3.8) is 0 Å². The zero-order valence-corrected chi connectivity index (χ0v) is 15.7. The molecule has 2 aromatic carbocycles.